The number of aromatic nitrogens is 1. The zero-order valence-corrected chi connectivity index (χ0v) is 12.9. The third kappa shape index (κ3) is 3.03. The molecule has 3 heterocycles. The molecule has 2 aliphatic rings. The normalized spacial score (nSPS) is 26.0. The van der Waals surface area contributed by atoms with Gasteiger partial charge in [-0.1, -0.05) is 30.3 Å². The molecular formula is C18H17F3N2O. The van der Waals surface area contributed by atoms with Gasteiger partial charge in [0.2, 0.25) is 0 Å². The van der Waals surface area contributed by atoms with Gasteiger partial charge in [-0.15, -0.1) is 0 Å². The molecule has 6 heteroatoms. The van der Waals surface area contributed by atoms with Crippen LogP contribution in [0.5, 0.6) is 0 Å². The Bertz CT molecular complexity index is 713. The molecule has 0 saturated carbocycles. The van der Waals surface area contributed by atoms with Gasteiger partial charge in [-0.25, -0.2) is 0 Å². The van der Waals surface area contributed by atoms with E-state index in [1.54, 1.807) is 0 Å². The van der Waals surface area contributed by atoms with Gasteiger partial charge in [0.25, 0.3) is 0 Å². The third-order valence-corrected chi connectivity index (χ3v) is 4.66. The van der Waals surface area contributed by atoms with Crippen molar-refractivity contribution in [1.82, 2.24) is 10.3 Å². The van der Waals surface area contributed by atoms with Crippen LogP contribution in [0.25, 0.3) is 0 Å². The van der Waals surface area contributed by atoms with Crippen molar-refractivity contribution in [2.45, 2.75) is 37.3 Å². The number of morpholine rings is 1. The molecule has 3 nitrogen and oxygen atoms in total. The van der Waals surface area contributed by atoms with Crippen LogP contribution in [0.15, 0.2) is 42.6 Å². The second kappa shape index (κ2) is 5.86. The fourth-order valence-electron chi connectivity index (χ4n) is 3.44. The van der Waals surface area contributed by atoms with E-state index in [4.69, 9.17) is 4.74 Å². The van der Waals surface area contributed by atoms with E-state index < -0.39 is 11.9 Å². The van der Waals surface area contributed by atoms with Crippen molar-refractivity contribution in [3.05, 3.63) is 65.0 Å². The van der Waals surface area contributed by atoms with Crippen molar-refractivity contribution < 1.29 is 17.9 Å². The van der Waals surface area contributed by atoms with Gasteiger partial charge in [0.1, 0.15) is 5.69 Å². The highest BCUT2D eigenvalue weighted by molar-refractivity contribution is 5.30. The molecule has 2 aliphatic heterocycles. The Balaban J connectivity index is 1.44. The largest absolute Gasteiger partial charge is 0.433 e. The number of nitrogens with zero attached hydrogens (tertiary/aromatic N) is 1. The first kappa shape index (κ1) is 15.6. The van der Waals surface area contributed by atoms with E-state index in [0.717, 1.165) is 35.7 Å². The first-order chi connectivity index (χ1) is 11.5. The fourth-order valence-corrected chi connectivity index (χ4v) is 3.44. The summed E-state index contributed by atoms with van der Waals surface area (Å²) in [6.45, 7) is 0.931. The number of benzene rings is 1. The Labute approximate surface area is 137 Å². The van der Waals surface area contributed by atoms with Gasteiger partial charge in [0, 0.05) is 18.8 Å². The van der Waals surface area contributed by atoms with E-state index in [-0.39, 0.29) is 6.10 Å². The number of ether oxygens (including phenoxy) is 1. The molecule has 0 spiro atoms. The summed E-state index contributed by atoms with van der Waals surface area (Å²) in [7, 11) is 0. The maximum absolute atomic E-state index is 12.5. The molecule has 0 aliphatic carbocycles. The zero-order chi connectivity index (χ0) is 16.7. The highest BCUT2D eigenvalue weighted by Crippen LogP contribution is 2.36. The average molecular weight is 334 g/mol. The number of pyridine rings is 1. The van der Waals surface area contributed by atoms with Gasteiger partial charge in [-0.3, -0.25) is 4.98 Å². The van der Waals surface area contributed by atoms with Crippen LogP contribution in [-0.4, -0.2) is 23.7 Å². The Morgan fingerprint density at radius 1 is 1.08 bits per heavy atom. The van der Waals surface area contributed by atoms with Gasteiger partial charge < -0.3 is 10.1 Å². The topological polar surface area (TPSA) is 34.1 Å². The molecule has 1 N–H and O–H groups in total. The van der Waals surface area contributed by atoms with Gasteiger partial charge in [-0.2, -0.15) is 13.2 Å². The molecule has 0 unspecified atom stereocenters. The van der Waals surface area contributed by atoms with E-state index in [0.29, 0.717) is 18.6 Å². The van der Waals surface area contributed by atoms with Crippen molar-refractivity contribution in [1.29, 1.82) is 0 Å². The number of halogens is 3. The predicted octanol–water partition coefficient (Wildman–Crippen LogP) is 3.49. The molecular weight excluding hydrogens is 317 g/mol. The SMILES string of the molecule is FC(F)(F)c1ccc(Cc2ccc([C@H]3O[C@@H]4CN[C@H]3C4)cc2)cn1. The van der Waals surface area contributed by atoms with Crippen LogP contribution in [0.1, 0.15) is 34.9 Å². The summed E-state index contributed by atoms with van der Waals surface area (Å²) in [4.78, 5) is 3.50. The van der Waals surface area contributed by atoms with Crippen LogP contribution < -0.4 is 5.32 Å². The molecule has 24 heavy (non-hydrogen) atoms. The Hall–Kier alpha value is -1.92. The third-order valence-electron chi connectivity index (χ3n) is 4.66. The second-order valence-electron chi connectivity index (χ2n) is 6.40. The lowest BCUT2D eigenvalue weighted by Crippen LogP contribution is -2.33. The summed E-state index contributed by atoms with van der Waals surface area (Å²) >= 11 is 0. The minimum Gasteiger partial charge on any atom is -0.367 e. The van der Waals surface area contributed by atoms with E-state index >= 15 is 0 Å². The minimum absolute atomic E-state index is 0.102. The first-order valence-corrected chi connectivity index (χ1v) is 7.99. The van der Waals surface area contributed by atoms with E-state index in [1.807, 2.05) is 24.3 Å². The van der Waals surface area contributed by atoms with Crippen molar-refractivity contribution in [2.75, 3.05) is 6.54 Å². The summed E-state index contributed by atoms with van der Waals surface area (Å²) < 4.78 is 43.5. The summed E-state index contributed by atoms with van der Waals surface area (Å²) in [5.41, 5.74) is 2.08. The quantitative estimate of drug-likeness (QED) is 0.933. The Kier molecular flexibility index (Phi) is 3.81. The van der Waals surface area contributed by atoms with Crippen molar-refractivity contribution >= 4 is 0 Å². The minimum atomic E-state index is -4.39. The average Bonchev–Trinajstić information content (AvgIpc) is 3.18. The van der Waals surface area contributed by atoms with Gasteiger partial charge >= 0.3 is 6.18 Å². The van der Waals surface area contributed by atoms with Crippen molar-refractivity contribution in [3.8, 4) is 0 Å². The summed E-state index contributed by atoms with van der Waals surface area (Å²) in [5, 5.41) is 3.45. The van der Waals surface area contributed by atoms with Crippen molar-refractivity contribution in [2.24, 2.45) is 0 Å². The van der Waals surface area contributed by atoms with E-state index in [9.17, 15) is 13.2 Å². The Morgan fingerprint density at radius 2 is 1.83 bits per heavy atom. The molecule has 1 aromatic carbocycles. The number of nitrogens with one attached hydrogen (secondary N) is 1. The standard InChI is InChI=1S/C18H17F3N2O/c19-18(20,21)16-6-3-12(9-23-16)7-11-1-4-13(5-2-11)17-15-8-14(24-17)10-22-15/h1-6,9,14-15,17,22H,7-8,10H2/t14-,15-,17+/m0/s1. The molecule has 2 fully saturated rings. The van der Waals surface area contributed by atoms with Gasteiger partial charge in [0.15, 0.2) is 0 Å². The lowest BCUT2D eigenvalue weighted by molar-refractivity contribution is -0.141. The second-order valence-corrected chi connectivity index (χ2v) is 6.40. The predicted molar refractivity (Wildman–Crippen MR) is 82.5 cm³/mol. The van der Waals surface area contributed by atoms with Crippen LogP contribution in [0.3, 0.4) is 0 Å². The number of rotatable bonds is 3. The number of fused-ring (bicyclic) bond motifs is 2. The highest BCUT2D eigenvalue weighted by Gasteiger charge is 2.41. The summed E-state index contributed by atoms with van der Waals surface area (Å²) in [5.74, 6) is 0. The molecule has 3 atom stereocenters. The van der Waals surface area contributed by atoms with Crippen LogP contribution in [0, 0.1) is 0 Å². The van der Waals surface area contributed by atoms with Crippen LogP contribution in [-0.2, 0) is 17.3 Å². The lowest BCUT2D eigenvalue weighted by Gasteiger charge is -2.23. The molecule has 1 aromatic heterocycles. The maximum Gasteiger partial charge on any atom is 0.433 e. The molecule has 0 amide bonds. The molecule has 2 bridgehead atoms. The Morgan fingerprint density at radius 3 is 2.38 bits per heavy atom. The summed E-state index contributed by atoms with van der Waals surface area (Å²) in [6.07, 6.45) is -1.07. The molecule has 2 saturated heterocycles. The zero-order valence-electron chi connectivity index (χ0n) is 12.9. The number of hydrogen-bond acceptors (Lipinski definition) is 3. The first-order valence-electron chi connectivity index (χ1n) is 7.99. The van der Waals surface area contributed by atoms with Crippen LogP contribution in [0.4, 0.5) is 13.2 Å². The van der Waals surface area contributed by atoms with E-state index in [2.05, 4.69) is 10.3 Å². The number of alkyl halides is 3. The van der Waals surface area contributed by atoms with Gasteiger partial charge in [-0.05, 0) is 35.6 Å². The highest BCUT2D eigenvalue weighted by atomic mass is 19.4. The maximum atomic E-state index is 12.5. The number of hydrogen-bond donors (Lipinski definition) is 1. The summed E-state index contributed by atoms with van der Waals surface area (Å²) in [6, 6.07) is 11.0. The monoisotopic (exact) mass is 334 g/mol. The fraction of sp³-hybridized carbons (Fsp3) is 0.389. The molecule has 126 valence electrons. The smallest absolute Gasteiger partial charge is 0.367 e. The van der Waals surface area contributed by atoms with Crippen LogP contribution in [0.2, 0.25) is 0 Å². The van der Waals surface area contributed by atoms with E-state index in [1.165, 1.54) is 12.3 Å². The molecule has 2 aromatic rings. The molecule has 0 radical (unpaired) electrons. The van der Waals surface area contributed by atoms with Crippen LogP contribution >= 0.6 is 0 Å². The van der Waals surface area contributed by atoms with Crippen molar-refractivity contribution in [3.63, 3.8) is 0 Å². The van der Waals surface area contributed by atoms with Gasteiger partial charge in [0.05, 0.1) is 12.2 Å². The molecule has 4 rings (SSSR count). The lowest BCUT2D eigenvalue weighted by atomic mass is 9.99.